The van der Waals surface area contributed by atoms with Gasteiger partial charge in [-0.15, -0.1) is 0 Å². The van der Waals surface area contributed by atoms with Crippen molar-refractivity contribution >= 4 is 16.6 Å². The minimum Gasteiger partial charge on any atom is -0.366 e. The molecule has 0 unspecified atom stereocenters. The fraction of sp³-hybridized carbons (Fsp3) is 0.0909. The molecule has 3 nitrogen and oxygen atoms in total. The van der Waals surface area contributed by atoms with E-state index in [2.05, 4.69) is 65.8 Å². The summed E-state index contributed by atoms with van der Waals surface area (Å²) in [5.74, 6) is 1.57. The van der Waals surface area contributed by atoms with Gasteiger partial charge in [-0.25, -0.2) is 9.97 Å². The standard InChI is InChI=1S/C22H19N3/c1-16-6-4-7-17(14-16)15-24-21-12-13-23-22(25-21)20-11-5-9-18-8-2-3-10-19(18)20/h2-14H,15H2,1H3,(H,23,24,25). The molecule has 122 valence electrons. The topological polar surface area (TPSA) is 37.8 Å². The maximum absolute atomic E-state index is 4.71. The molecular weight excluding hydrogens is 306 g/mol. The van der Waals surface area contributed by atoms with Crippen molar-refractivity contribution in [2.24, 2.45) is 0 Å². The van der Waals surface area contributed by atoms with Crippen molar-refractivity contribution in [3.63, 3.8) is 0 Å². The number of rotatable bonds is 4. The molecule has 25 heavy (non-hydrogen) atoms. The number of nitrogens with zero attached hydrogens (tertiary/aromatic N) is 2. The highest BCUT2D eigenvalue weighted by Gasteiger charge is 2.07. The zero-order valence-electron chi connectivity index (χ0n) is 14.1. The Morgan fingerprint density at radius 3 is 2.64 bits per heavy atom. The van der Waals surface area contributed by atoms with Crippen molar-refractivity contribution in [3.05, 3.63) is 90.1 Å². The molecule has 0 fully saturated rings. The second kappa shape index (κ2) is 6.73. The highest BCUT2D eigenvalue weighted by atomic mass is 15.0. The van der Waals surface area contributed by atoms with Crippen LogP contribution in [0.25, 0.3) is 22.2 Å². The monoisotopic (exact) mass is 325 g/mol. The molecule has 1 aromatic heterocycles. The summed E-state index contributed by atoms with van der Waals surface area (Å²) in [5, 5.41) is 5.76. The van der Waals surface area contributed by atoms with Crippen LogP contribution in [-0.2, 0) is 6.54 Å². The van der Waals surface area contributed by atoms with Crippen molar-refractivity contribution in [1.29, 1.82) is 0 Å². The van der Waals surface area contributed by atoms with Gasteiger partial charge in [0.05, 0.1) is 0 Å². The first-order valence-electron chi connectivity index (χ1n) is 8.40. The lowest BCUT2D eigenvalue weighted by Crippen LogP contribution is -2.03. The van der Waals surface area contributed by atoms with Gasteiger partial charge in [-0.2, -0.15) is 0 Å². The van der Waals surface area contributed by atoms with Crippen LogP contribution < -0.4 is 5.32 Å². The molecule has 0 aliphatic heterocycles. The maximum atomic E-state index is 4.71. The van der Waals surface area contributed by atoms with Crippen molar-refractivity contribution < 1.29 is 0 Å². The lowest BCUT2D eigenvalue weighted by atomic mass is 10.0. The number of fused-ring (bicyclic) bond motifs is 1. The molecule has 4 rings (SSSR count). The number of aromatic nitrogens is 2. The molecule has 1 N–H and O–H groups in total. The normalized spacial score (nSPS) is 10.8. The number of aryl methyl sites for hydroxylation is 1. The third-order valence-corrected chi connectivity index (χ3v) is 4.24. The second-order valence-electron chi connectivity index (χ2n) is 6.13. The van der Waals surface area contributed by atoms with Gasteiger partial charge in [-0.1, -0.05) is 72.3 Å². The molecule has 0 radical (unpaired) electrons. The Balaban J connectivity index is 1.63. The summed E-state index contributed by atoms with van der Waals surface area (Å²) in [6.07, 6.45) is 1.81. The lowest BCUT2D eigenvalue weighted by molar-refractivity contribution is 1.08. The van der Waals surface area contributed by atoms with Crippen LogP contribution in [0.15, 0.2) is 79.0 Å². The molecule has 0 saturated carbocycles. The first-order chi connectivity index (χ1) is 12.3. The van der Waals surface area contributed by atoms with E-state index in [0.717, 1.165) is 23.8 Å². The average Bonchev–Trinajstić information content (AvgIpc) is 2.66. The molecule has 1 heterocycles. The first kappa shape index (κ1) is 15.3. The summed E-state index contributed by atoms with van der Waals surface area (Å²) in [6, 6.07) is 24.9. The highest BCUT2D eigenvalue weighted by molar-refractivity contribution is 5.95. The SMILES string of the molecule is Cc1cccc(CNc2ccnc(-c3cccc4ccccc34)n2)c1. The molecule has 0 saturated heterocycles. The number of anilines is 1. The van der Waals surface area contributed by atoms with E-state index in [9.17, 15) is 0 Å². The van der Waals surface area contributed by atoms with Crippen molar-refractivity contribution in [3.8, 4) is 11.4 Å². The van der Waals surface area contributed by atoms with Gasteiger partial charge in [0.2, 0.25) is 0 Å². The quantitative estimate of drug-likeness (QED) is 0.559. The Hall–Kier alpha value is -3.20. The molecule has 0 aliphatic carbocycles. The van der Waals surface area contributed by atoms with E-state index in [1.165, 1.54) is 21.9 Å². The van der Waals surface area contributed by atoms with Gasteiger partial charge in [0.1, 0.15) is 5.82 Å². The van der Waals surface area contributed by atoms with E-state index in [0.29, 0.717) is 0 Å². The Morgan fingerprint density at radius 2 is 1.72 bits per heavy atom. The molecule has 0 spiro atoms. The summed E-state index contributed by atoms with van der Waals surface area (Å²) in [6.45, 7) is 2.85. The summed E-state index contributed by atoms with van der Waals surface area (Å²) in [4.78, 5) is 9.19. The van der Waals surface area contributed by atoms with Crippen LogP contribution in [0.2, 0.25) is 0 Å². The second-order valence-corrected chi connectivity index (χ2v) is 6.13. The fourth-order valence-corrected chi connectivity index (χ4v) is 3.02. The fourth-order valence-electron chi connectivity index (χ4n) is 3.02. The molecule has 0 amide bonds. The van der Waals surface area contributed by atoms with E-state index in [4.69, 9.17) is 4.98 Å². The summed E-state index contributed by atoms with van der Waals surface area (Å²) in [7, 11) is 0. The van der Waals surface area contributed by atoms with Crippen LogP contribution in [0.1, 0.15) is 11.1 Å². The van der Waals surface area contributed by atoms with E-state index in [1.807, 2.05) is 30.5 Å². The van der Waals surface area contributed by atoms with Gasteiger partial charge < -0.3 is 5.32 Å². The van der Waals surface area contributed by atoms with E-state index >= 15 is 0 Å². The number of benzene rings is 3. The molecule has 0 bridgehead atoms. The minimum absolute atomic E-state index is 0.742. The lowest BCUT2D eigenvalue weighted by Gasteiger charge is -2.09. The maximum Gasteiger partial charge on any atom is 0.162 e. The number of hydrogen-bond acceptors (Lipinski definition) is 3. The number of hydrogen-bond donors (Lipinski definition) is 1. The first-order valence-corrected chi connectivity index (χ1v) is 8.40. The minimum atomic E-state index is 0.742. The summed E-state index contributed by atoms with van der Waals surface area (Å²) < 4.78 is 0. The molecule has 3 aromatic carbocycles. The largest absolute Gasteiger partial charge is 0.366 e. The third kappa shape index (κ3) is 3.36. The van der Waals surface area contributed by atoms with Gasteiger partial charge in [0.15, 0.2) is 5.82 Å². The Kier molecular flexibility index (Phi) is 4.13. The van der Waals surface area contributed by atoms with Gasteiger partial charge >= 0.3 is 0 Å². The smallest absolute Gasteiger partial charge is 0.162 e. The van der Waals surface area contributed by atoms with E-state index < -0.39 is 0 Å². The van der Waals surface area contributed by atoms with Crippen LogP contribution in [0, 0.1) is 6.92 Å². The van der Waals surface area contributed by atoms with Gasteiger partial charge in [-0.05, 0) is 29.3 Å². The van der Waals surface area contributed by atoms with Gasteiger partial charge in [-0.3, -0.25) is 0 Å². The van der Waals surface area contributed by atoms with Gasteiger partial charge in [0, 0.05) is 18.3 Å². The number of nitrogens with one attached hydrogen (secondary N) is 1. The zero-order valence-corrected chi connectivity index (χ0v) is 14.1. The average molecular weight is 325 g/mol. The predicted octanol–water partition coefficient (Wildman–Crippen LogP) is 5.22. The summed E-state index contributed by atoms with van der Waals surface area (Å²) in [5.41, 5.74) is 3.56. The molecule has 3 heteroatoms. The van der Waals surface area contributed by atoms with Crippen LogP contribution in [0.5, 0.6) is 0 Å². The van der Waals surface area contributed by atoms with Crippen molar-refractivity contribution in [2.75, 3.05) is 5.32 Å². The van der Waals surface area contributed by atoms with Crippen LogP contribution in [0.4, 0.5) is 5.82 Å². The molecule has 4 aromatic rings. The molecular formula is C22H19N3. The Labute approximate surface area is 147 Å². The predicted molar refractivity (Wildman–Crippen MR) is 103 cm³/mol. The van der Waals surface area contributed by atoms with E-state index in [-0.39, 0.29) is 0 Å². The molecule has 0 atom stereocenters. The van der Waals surface area contributed by atoms with Crippen molar-refractivity contribution in [2.45, 2.75) is 13.5 Å². The highest BCUT2D eigenvalue weighted by Crippen LogP contribution is 2.26. The van der Waals surface area contributed by atoms with Gasteiger partial charge in [0.25, 0.3) is 0 Å². The Morgan fingerprint density at radius 1 is 0.880 bits per heavy atom. The van der Waals surface area contributed by atoms with Crippen molar-refractivity contribution in [1.82, 2.24) is 9.97 Å². The third-order valence-electron chi connectivity index (χ3n) is 4.24. The summed E-state index contributed by atoms with van der Waals surface area (Å²) >= 11 is 0. The van der Waals surface area contributed by atoms with E-state index in [1.54, 1.807) is 0 Å². The van der Waals surface area contributed by atoms with Crippen LogP contribution >= 0.6 is 0 Å². The Bertz CT molecular complexity index is 1020. The molecule has 0 aliphatic rings. The zero-order chi connectivity index (χ0) is 17.1. The van der Waals surface area contributed by atoms with Crippen LogP contribution in [0.3, 0.4) is 0 Å². The van der Waals surface area contributed by atoms with Crippen LogP contribution in [-0.4, -0.2) is 9.97 Å².